The van der Waals surface area contributed by atoms with Crippen molar-refractivity contribution < 1.29 is 9.53 Å². The number of alkyl halides is 1. The van der Waals surface area contributed by atoms with E-state index in [1.54, 1.807) is 16.6 Å². The average Bonchev–Trinajstić information content (AvgIpc) is 3.14. The van der Waals surface area contributed by atoms with Gasteiger partial charge in [0.1, 0.15) is 5.38 Å². The first kappa shape index (κ1) is 19.9. The van der Waals surface area contributed by atoms with E-state index in [0.29, 0.717) is 18.3 Å². The number of ether oxygens (including phenoxy) is 1. The number of halogens is 1. The molecule has 2 aromatic carbocycles. The van der Waals surface area contributed by atoms with E-state index in [4.69, 9.17) is 16.3 Å². The average molecular weight is 399 g/mol. The molecule has 1 unspecified atom stereocenters. The van der Waals surface area contributed by atoms with Crippen LogP contribution in [-0.4, -0.2) is 33.2 Å². The third-order valence-electron chi connectivity index (χ3n) is 4.50. The summed E-state index contributed by atoms with van der Waals surface area (Å²) in [5, 5.41) is 7.79. The smallest absolute Gasteiger partial charge is 0.321 e. The van der Waals surface area contributed by atoms with E-state index in [1.807, 2.05) is 68.4 Å². The molecule has 1 aromatic heterocycles. The number of carbonyl (C=O) groups is 1. The van der Waals surface area contributed by atoms with Gasteiger partial charge < -0.3 is 9.64 Å². The highest BCUT2D eigenvalue weighted by Gasteiger charge is 2.26. The molecule has 0 spiro atoms. The number of methoxy groups -OCH3 is 1. The van der Waals surface area contributed by atoms with Gasteiger partial charge in [0, 0.05) is 5.69 Å². The van der Waals surface area contributed by atoms with E-state index in [0.717, 1.165) is 16.9 Å². The Morgan fingerprint density at radius 2 is 1.82 bits per heavy atom. The summed E-state index contributed by atoms with van der Waals surface area (Å²) in [6.07, 6.45) is 0.539. The Balaban J connectivity index is 2.06. The van der Waals surface area contributed by atoms with Crippen LogP contribution in [0.25, 0.3) is 5.69 Å². The lowest BCUT2D eigenvalue weighted by Gasteiger charge is -2.26. The molecule has 0 N–H and O–H groups in total. The molecule has 1 amide bonds. The van der Waals surface area contributed by atoms with Crippen LogP contribution in [0, 0.1) is 6.92 Å². The molecular weight excluding hydrogens is 376 g/mol. The summed E-state index contributed by atoms with van der Waals surface area (Å²) in [6.45, 7) is 4.08. The molecule has 146 valence electrons. The van der Waals surface area contributed by atoms with Crippen molar-refractivity contribution in [1.29, 1.82) is 0 Å². The molecule has 1 atom stereocenters. The van der Waals surface area contributed by atoms with E-state index >= 15 is 0 Å². The fourth-order valence-corrected chi connectivity index (χ4v) is 3.12. The SMILES string of the molecule is CCC(Cl)C(=O)N(Cc1nnc(OC)n1-c1ccccc1)c1ccccc1C. The quantitative estimate of drug-likeness (QED) is 0.561. The highest BCUT2D eigenvalue weighted by molar-refractivity contribution is 6.32. The van der Waals surface area contributed by atoms with Crippen molar-refractivity contribution in [1.82, 2.24) is 14.8 Å². The molecule has 0 radical (unpaired) electrons. The van der Waals surface area contributed by atoms with Crippen molar-refractivity contribution in [3.63, 3.8) is 0 Å². The normalized spacial score (nSPS) is 11.9. The van der Waals surface area contributed by atoms with Gasteiger partial charge in [0.15, 0.2) is 5.82 Å². The number of carbonyl (C=O) groups excluding carboxylic acids is 1. The van der Waals surface area contributed by atoms with Gasteiger partial charge >= 0.3 is 6.01 Å². The third-order valence-corrected chi connectivity index (χ3v) is 4.99. The van der Waals surface area contributed by atoms with Crippen LogP contribution >= 0.6 is 11.6 Å². The van der Waals surface area contributed by atoms with Crippen molar-refractivity contribution in [3.05, 3.63) is 66.0 Å². The van der Waals surface area contributed by atoms with Crippen molar-refractivity contribution in [3.8, 4) is 11.7 Å². The molecule has 3 rings (SSSR count). The number of nitrogens with zero attached hydrogens (tertiary/aromatic N) is 4. The molecule has 0 aliphatic carbocycles. The number of anilines is 1. The fourth-order valence-electron chi connectivity index (χ4n) is 3.00. The number of rotatable bonds is 7. The van der Waals surface area contributed by atoms with E-state index in [9.17, 15) is 4.79 Å². The number of aromatic nitrogens is 3. The summed E-state index contributed by atoms with van der Waals surface area (Å²) in [4.78, 5) is 14.7. The second kappa shape index (κ2) is 8.89. The summed E-state index contributed by atoms with van der Waals surface area (Å²) >= 11 is 6.31. The van der Waals surface area contributed by atoms with Crippen LogP contribution in [0.15, 0.2) is 54.6 Å². The van der Waals surface area contributed by atoms with Gasteiger partial charge in [-0.25, -0.2) is 4.57 Å². The zero-order valence-corrected chi connectivity index (χ0v) is 16.9. The minimum absolute atomic E-state index is 0.167. The number of para-hydroxylation sites is 2. The minimum Gasteiger partial charge on any atom is -0.467 e. The molecule has 1 heterocycles. The maximum absolute atomic E-state index is 13.1. The molecule has 0 fully saturated rings. The topological polar surface area (TPSA) is 60.3 Å². The number of hydrogen-bond donors (Lipinski definition) is 0. The highest BCUT2D eigenvalue weighted by atomic mass is 35.5. The molecular formula is C21H23ClN4O2. The standard InChI is InChI=1S/C21H23ClN4O2/c1-4-17(22)20(27)25(18-13-9-8-10-15(18)2)14-19-23-24-21(28-3)26(19)16-11-6-5-7-12-16/h5-13,17H,4,14H2,1-3H3. The summed E-state index contributed by atoms with van der Waals surface area (Å²) in [5.41, 5.74) is 2.64. The van der Waals surface area contributed by atoms with Gasteiger partial charge in [-0.1, -0.05) is 48.4 Å². The number of amides is 1. The number of hydrogen-bond acceptors (Lipinski definition) is 4. The molecule has 3 aromatic rings. The van der Waals surface area contributed by atoms with Crippen molar-refractivity contribution >= 4 is 23.2 Å². The van der Waals surface area contributed by atoms with Crippen molar-refractivity contribution in [2.24, 2.45) is 0 Å². The largest absolute Gasteiger partial charge is 0.467 e. The van der Waals surface area contributed by atoms with Crippen LogP contribution < -0.4 is 9.64 Å². The second-order valence-corrected chi connectivity index (χ2v) is 6.89. The van der Waals surface area contributed by atoms with E-state index in [2.05, 4.69) is 10.2 Å². The Morgan fingerprint density at radius 3 is 2.46 bits per heavy atom. The van der Waals surface area contributed by atoms with Crippen LogP contribution in [0.1, 0.15) is 24.7 Å². The molecule has 0 bridgehead atoms. The highest BCUT2D eigenvalue weighted by Crippen LogP contribution is 2.26. The monoisotopic (exact) mass is 398 g/mol. The Bertz CT molecular complexity index is 943. The van der Waals surface area contributed by atoms with Gasteiger partial charge in [-0.3, -0.25) is 4.79 Å². The Labute approximate surface area is 169 Å². The Morgan fingerprint density at radius 1 is 1.14 bits per heavy atom. The predicted octanol–water partition coefficient (Wildman–Crippen LogP) is 4.13. The van der Waals surface area contributed by atoms with Gasteiger partial charge in [0.2, 0.25) is 5.91 Å². The second-order valence-electron chi connectivity index (χ2n) is 6.36. The van der Waals surface area contributed by atoms with E-state index < -0.39 is 5.38 Å². The van der Waals surface area contributed by atoms with Gasteiger partial charge in [-0.05, 0) is 37.1 Å². The van der Waals surface area contributed by atoms with Crippen LogP contribution in [0.2, 0.25) is 0 Å². The predicted molar refractivity (Wildman–Crippen MR) is 110 cm³/mol. The zero-order valence-electron chi connectivity index (χ0n) is 16.2. The molecule has 0 saturated heterocycles. The summed E-state index contributed by atoms with van der Waals surface area (Å²) < 4.78 is 7.18. The number of benzene rings is 2. The maximum atomic E-state index is 13.1. The van der Waals surface area contributed by atoms with Gasteiger partial charge in [-0.2, -0.15) is 0 Å². The lowest BCUT2D eigenvalue weighted by molar-refractivity contribution is -0.118. The van der Waals surface area contributed by atoms with Crippen LogP contribution in [0.5, 0.6) is 6.01 Å². The van der Waals surface area contributed by atoms with Gasteiger partial charge in [0.05, 0.1) is 19.3 Å². The fraction of sp³-hybridized carbons (Fsp3) is 0.286. The molecule has 0 aliphatic heterocycles. The summed E-state index contributed by atoms with van der Waals surface area (Å²) in [7, 11) is 1.55. The van der Waals surface area contributed by atoms with Crippen molar-refractivity contribution in [2.45, 2.75) is 32.2 Å². The van der Waals surface area contributed by atoms with Gasteiger partial charge in [0.25, 0.3) is 0 Å². The lowest BCUT2D eigenvalue weighted by atomic mass is 10.1. The van der Waals surface area contributed by atoms with E-state index in [-0.39, 0.29) is 12.5 Å². The zero-order chi connectivity index (χ0) is 20.1. The Kier molecular flexibility index (Phi) is 6.31. The first-order valence-electron chi connectivity index (χ1n) is 9.11. The van der Waals surface area contributed by atoms with Crippen LogP contribution in [-0.2, 0) is 11.3 Å². The molecule has 28 heavy (non-hydrogen) atoms. The number of aryl methyl sites for hydroxylation is 1. The molecule has 6 nitrogen and oxygen atoms in total. The van der Waals surface area contributed by atoms with Crippen LogP contribution in [0.3, 0.4) is 0 Å². The first-order valence-corrected chi connectivity index (χ1v) is 9.55. The Hall–Kier alpha value is -2.86. The maximum Gasteiger partial charge on any atom is 0.321 e. The van der Waals surface area contributed by atoms with Crippen LogP contribution in [0.4, 0.5) is 5.69 Å². The summed E-state index contributed by atoms with van der Waals surface area (Å²) in [6, 6.07) is 17.7. The van der Waals surface area contributed by atoms with Gasteiger partial charge in [-0.15, -0.1) is 16.7 Å². The summed E-state index contributed by atoms with van der Waals surface area (Å²) in [5.74, 6) is 0.416. The molecule has 7 heteroatoms. The first-order chi connectivity index (χ1) is 13.6. The molecule has 0 aliphatic rings. The third kappa shape index (κ3) is 4.02. The van der Waals surface area contributed by atoms with Crippen molar-refractivity contribution in [2.75, 3.05) is 12.0 Å². The molecule has 0 saturated carbocycles. The minimum atomic E-state index is -0.616. The van der Waals surface area contributed by atoms with E-state index in [1.165, 1.54) is 0 Å². The lowest BCUT2D eigenvalue weighted by Crippen LogP contribution is -2.37.